The predicted molar refractivity (Wildman–Crippen MR) is 74.3 cm³/mol. The summed E-state index contributed by atoms with van der Waals surface area (Å²) >= 11 is 0. The van der Waals surface area contributed by atoms with Crippen molar-refractivity contribution in [1.82, 2.24) is 0 Å². The maximum atomic E-state index is 12.0. The van der Waals surface area contributed by atoms with Crippen LogP contribution in [0.15, 0.2) is 45.6 Å². The topological polar surface area (TPSA) is 30.2 Å². The van der Waals surface area contributed by atoms with Crippen molar-refractivity contribution in [2.45, 2.75) is 13.8 Å². The van der Waals surface area contributed by atoms with Gasteiger partial charge in [-0.25, -0.2) is 4.79 Å². The summed E-state index contributed by atoms with van der Waals surface area (Å²) in [7, 11) is 0. The number of hydrogen-bond donors (Lipinski definition) is 0. The smallest absolute Gasteiger partial charge is 0.344 e. The van der Waals surface area contributed by atoms with Gasteiger partial charge in [-0.1, -0.05) is 56.4 Å². The first-order valence-electron chi connectivity index (χ1n) is 6.01. The molecule has 0 bridgehead atoms. The van der Waals surface area contributed by atoms with Crippen LogP contribution >= 0.6 is 0 Å². The molecule has 1 aromatic carbocycles. The van der Waals surface area contributed by atoms with Crippen LogP contribution in [0.2, 0.25) is 0 Å². The molecule has 1 aliphatic carbocycles. The Morgan fingerprint density at radius 1 is 1.00 bits per heavy atom. The van der Waals surface area contributed by atoms with Gasteiger partial charge in [-0.05, 0) is 11.6 Å². The number of allylic oxidation sites excluding steroid dienone is 2. The summed E-state index contributed by atoms with van der Waals surface area (Å²) in [4.78, 5) is 12.0. The number of benzene rings is 1. The van der Waals surface area contributed by atoms with Gasteiger partial charge in [0.15, 0.2) is 0 Å². The standard InChI is InChI=1S/C16H14O2/c1-16(2)9-7-11-12-5-3-4-6-14(12)18-15(17)13(11)8-10-16/h3-10H,1-2H3. The van der Waals surface area contributed by atoms with Gasteiger partial charge in [0.05, 0.1) is 5.56 Å². The second-order valence-electron chi connectivity index (χ2n) is 5.20. The Kier molecular flexibility index (Phi) is 2.27. The minimum atomic E-state index is -0.276. The van der Waals surface area contributed by atoms with Crippen LogP contribution in [0.5, 0.6) is 0 Å². The van der Waals surface area contributed by atoms with Gasteiger partial charge in [0, 0.05) is 10.8 Å². The fourth-order valence-corrected chi connectivity index (χ4v) is 2.18. The van der Waals surface area contributed by atoms with Crippen LogP contribution < -0.4 is 5.63 Å². The molecule has 18 heavy (non-hydrogen) atoms. The molecule has 90 valence electrons. The molecule has 1 heterocycles. The fourth-order valence-electron chi connectivity index (χ4n) is 2.18. The van der Waals surface area contributed by atoms with Crippen molar-refractivity contribution in [3.63, 3.8) is 0 Å². The van der Waals surface area contributed by atoms with E-state index in [0.717, 1.165) is 10.9 Å². The number of hydrogen-bond acceptors (Lipinski definition) is 2. The van der Waals surface area contributed by atoms with E-state index >= 15 is 0 Å². The summed E-state index contributed by atoms with van der Waals surface area (Å²) in [6, 6.07) is 7.63. The second-order valence-corrected chi connectivity index (χ2v) is 5.20. The summed E-state index contributed by atoms with van der Waals surface area (Å²) in [5.74, 6) is 0. The van der Waals surface area contributed by atoms with Crippen molar-refractivity contribution >= 4 is 23.1 Å². The SMILES string of the molecule is CC1(C)C=Cc2c(c3ccccc3oc2=O)C=C1. The third-order valence-electron chi connectivity index (χ3n) is 3.25. The van der Waals surface area contributed by atoms with Crippen LogP contribution in [0.1, 0.15) is 25.0 Å². The molecule has 2 aromatic rings. The lowest BCUT2D eigenvalue weighted by atomic mass is 9.93. The molecule has 0 fully saturated rings. The van der Waals surface area contributed by atoms with Gasteiger partial charge >= 0.3 is 5.63 Å². The molecule has 0 spiro atoms. The molecule has 0 aliphatic heterocycles. The van der Waals surface area contributed by atoms with Crippen molar-refractivity contribution in [2.75, 3.05) is 0 Å². The Morgan fingerprint density at radius 3 is 2.44 bits per heavy atom. The zero-order valence-corrected chi connectivity index (χ0v) is 10.4. The van der Waals surface area contributed by atoms with E-state index in [1.165, 1.54) is 0 Å². The van der Waals surface area contributed by atoms with Crippen molar-refractivity contribution < 1.29 is 4.42 Å². The van der Waals surface area contributed by atoms with E-state index in [-0.39, 0.29) is 11.0 Å². The first-order valence-corrected chi connectivity index (χ1v) is 6.01. The highest BCUT2D eigenvalue weighted by Crippen LogP contribution is 2.30. The van der Waals surface area contributed by atoms with Gasteiger partial charge < -0.3 is 4.42 Å². The third kappa shape index (κ3) is 1.70. The number of rotatable bonds is 0. The van der Waals surface area contributed by atoms with E-state index in [2.05, 4.69) is 19.9 Å². The van der Waals surface area contributed by atoms with E-state index in [9.17, 15) is 4.79 Å². The average Bonchev–Trinajstić information content (AvgIpc) is 2.49. The van der Waals surface area contributed by atoms with Gasteiger partial charge in [-0.3, -0.25) is 0 Å². The molecule has 2 heteroatoms. The van der Waals surface area contributed by atoms with Crippen LogP contribution in [0.25, 0.3) is 23.1 Å². The second kappa shape index (κ2) is 3.70. The van der Waals surface area contributed by atoms with Crippen LogP contribution in [-0.4, -0.2) is 0 Å². The molecule has 0 amide bonds. The summed E-state index contributed by atoms with van der Waals surface area (Å²) in [6.07, 6.45) is 8.03. The molecule has 1 aliphatic rings. The molecule has 0 atom stereocenters. The summed E-state index contributed by atoms with van der Waals surface area (Å²) in [5, 5.41) is 0.978. The molecule has 0 N–H and O–H groups in total. The van der Waals surface area contributed by atoms with E-state index in [1.807, 2.05) is 42.5 Å². The average molecular weight is 238 g/mol. The van der Waals surface area contributed by atoms with E-state index in [1.54, 1.807) is 0 Å². The van der Waals surface area contributed by atoms with Crippen molar-refractivity contribution in [1.29, 1.82) is 0 Å². The lowest BCUT2D eigenvalue weighted by molar-refractivity contribution is 0.559. The molecule has 0 unspecified atom stereocenters. The van der Waals surface area contributed by atoms with Crippen LogP contribution in [-0.2, 0) is 0 Å². The predicted octanol–water partition coefficient (Wildman–Crippen LogP) is 3.86. The largest absolute Gasteiger partial charge is 0.422 e. The molecule has 1 aromatic heterocycles. The first kappa shape index (κ1) is 11.0. The summed E-state index contributed by atoms with van der Waals surface area (Å²) in [6.45, 7) is 4.21. The Hall–Kier alpha value is -2.09. The lowest BCUT2D eigenvalue weighted by Crippen LogP contribution is -2.05. The fraction of sp³-hybridized carbons (Fsp3) is 0.188. The zero-order valence-electron chi connectivity index (χ0n) is 10.4. The Morgan fingerprint density at radius 2 is 1.67 bits per heavy atom. The van der Waals surface area contributed by atoms with Crippen molar-refractivity contribution in [3.8, 4) is 0 Å². The molecule has 0 radical (unpaired) electrons. The van der Waals surface area contributed by atoms with Gasteiger partial charge in [0.1, 0.15) is 5.58 Å². The van der Waals surface area contributed by atoms with Gasteiger partial charge in [0.2, 0.25) is 0 Å². The van der Waals surface area contributed by atoms with Crippen molar-refractivity contribution in [3.05, 3.63) is 58.0 Å². The molecule has 0 saturated carbocycles. The molecule has 3 rings (SSSR count). The minimum Gasteiger partial charge on any atom is -0.422 e. The summed E-state index contributed by atoms with van der Waals surface area (Å²) < 4.78 is 5.34. The Bertz CT molecular complexity index is 730. The van der Waals surface area contributed by atoms with Crippen LogP contribution in [0.3, 0.4) is 0 Å². The van der Waals surface area contributed by atoms with Gasteiger partial charge in [-0.15, -0.1) is 0 Å². The summed E-state index contributed by atoms with van der Waals surface area (Å²) in [5.41, 5.74) is 1.90. The Balaban J connectivity index is 2.43. The zero-order chi connectivity index (χ0) is 12.8. The van der Waals surface area contributed by atoms with Gasteiger partial charge in [-0.2, -0.15) is 0 Å². The van der Waals surface area contributed by atoms with Crippen LogP contribution in [0.4, 0.5) is 0 Å². The van der Waals surface area contributed by atoms with Crippen molar-refractivity contribution in [2.24, 2.45) is 5.41 Å². The lowest BCUT2D eigenvalue weighted by Gasteiger charge is -2.11. The number of para-hydroxylation sites is 1. The number of fused-ring (bicyclic) bond motifs is 3. The molecular formula is C16H14O2. The highest BCUT2D eigenvalue weighted by atomic mass is 16.4. The molecule has 0 saturated heterocycles. The maximum absolute atomic E-state index is 12.0. The van der Waals surface area contributed by atoms with E-state index < -0.39 is 0 Å². The normalized spacial score (nSPS) is 16.6. The van der Waals surface area contributed by atoms with E-state index in [0.29, 0.717) is 11.1 Å². The highest BCUT2D eigenvalue weighted by Gasteiger charge is 2.17. The monoisotopic (exact) mass is 238 g/mol. The van der Waals surface area contributed by atoms with E-state index in [4.69, 9.17) is 4.42 Å². The molecular weight excluding hydrogens is 224 g/mol. The first-order chi connectivity index (χ1) is 8.57. The molecule has 2 nitrogen and oxygen atoms in total. The quantitative estimate of drug-likeness (QED) is 0.652. The maximum Gasteiger partial charge on any atom is 0.344 e. The Labute approximate surface area is 105 Å². The van der Waals surface area contributed by atoms with Crippen LogP contribution in [0, 0.1) is 5.41 Å². The third-order valence-corrected chi connectivity index (χ3v) is 3.25. The highest BCUT2D eigenvalue weighted by molar-refractivity contribution is 5.90. The van der Waals surface area contributed by atoms with Gasteiger partial charge in [0.25, 0.3) is 0 Å². The minimum absolute atomic E-state index is 0.0490.